The molecule has 0 amide bonds. The number of carbonyl (C=O) groups is 3. The number of ether oxygens (including phenoxy) is 3. The standard InChI is InChI=1S/C57H104O6/c1-4-7-10-13-16-19-22-24-26-28-29-30-32-33-35-38-41-44-47-50-56(59)62-53-54(52-61-55(58)49-46-43-40-37-21-18-15-12-9-6-3)63-57(60)51-48-45-42-39-36-34-31-27-25-23-20-17-14-11-8-5-2/h12,15,20,23,27,31,54H,4-11,13-14,16-19,21-22,24-26,28-30,32-53H2,1-3H3/b15-12-,23-20-,31-27-. The third-order valence-corrected chi connectivity index (χ3v) is 12.1. The van der Waals surface area contributed by atoms with Crippen LogP contribution in [0.5, 0.6) is 0 Å². The fourth-order valence-electron chi connectivity index (χ4n) is 7.95. The van der Waals surface area contributed by atoms with E-state index in [9.17, 15) is 14.4 Å². The van der Waals surface area contributed by atoms with Crippen molar-refractivity contribution < 1.29 is 28.6 Å². The van der Waals surface area contributed by atoms with E-state index in [1.807, 2.05) is 0 Å². The van der Waals surface area contributed by atoms with Crippen LogP contribution in [-0.2, 0) is 28.6 Å². The summed E-state index contributed by atoms with van der Waals surface area (Å²) in [5.41, 5.74) is 0. The summed E-state index contributed by atoms with van der Waals surface area (Å²) in [6.07, 6.45) is 61.4. The fraction of sp³-hybridized carbons (Fsp3) is 0.842. The van der Waals surface area contributed by atoms with Gasteiger partial charge in [0, 0.05) is 19.3 Å². The van der Waals surface area contributed by atoms with Crippen molar-refractivity contribution in [2.24, 2.45) is 0 Å². The highest BCUT2D eigenvalue weighted by molar-refractivity contribution is 5.71. The Labute approximate surface area is 391 Å². The van der Waals surface area contributed by atoms with Crippen LogP contribution in [0.1, 0.15) is 290 Å². The highest BCUT2D eigenvalue weighted by atomic mass is 16.6. The molecule has 0 saturated carbocycles. The minimum absolute atomic E-state index is 0.0774. The predicted octanol–water partition coefficient (Wildman–Crippen LogP) is 18.1. The van der Waals surface area contributed by atoms with Gasteiger partial charge in [0.25, 0.3) is 0 Å². The van der Waals surface area contributed by atoms with Crippen LogP contribution in [0.2, 0.25) is 0 Å². The summed E-state index contributed by atoms with van der Waals surface area (Å²) in [7, 11) is 0. The van der Waals surface area contributed by atoms with Gasteiger partial charge in [0.15, 0.2) is 6.10 Å². The van der Waals surface area contributed by atoms with Gasteiger partial charge in [-0.3, -0.25) is 14.4 Å². The maximum Gasteiger partial charge on any atom is 0.306 e. The van der Waals surface area contributed by atoms with Gasteiger partial charge < -0.3 is 14.2 Å². The summed E-state index contributed by atoms with van der Waals surface area (Å²) >= 11 is 0. The molecular formula is C57H104O6. The smallest absolute Gasteiger partial charge is 0.306 e. The van der Waals surface area contributed by atoms with Crippen LogP contribution in [-0.4, -0.2) is 37.2 Å². The lowest BCUT2D eigenvalue weighted by atomic mass is 10.0. The first-order valence-corrected chi connectivity index (χ1v) is 27.5. The third kappa shape index (κ3) is 50.5. The van der Waals surface area contributed by atoms with Crippen LogP contribution < -0.4 is 0 Å². The molecule has 0 fully saturated rings. The maximum absolute atomic E-state index is 12.8. The minimum Gasteiger partial charge on any atom is -0.462 e. The lowest BCUT2D eigenvalue weighted by molar-refractivity contribution is -0.167. The summed E-state index contributed by atoms with van der Waals surface area (Å²) in [5, 5.41) is 0. The van der Waals surface area contributed by atoms with Crippen molar-refractivity contribution in [2.75, 3.05) is 13.2 Å². The second-order valence-electron chi connectivity index (χ2n) is 18.5. The van der Waals surface area contributed by atoms with E-state index in [1.54, 1.807) is 0 Å². The van der Waals surface area contributed by atoms with Gasteiger partial charge >= 0.3 is 17.9 Å². The van der Waals surface area contributed by atoms with Crippen LogP contribution in [0.15, 0.2) is 36.5 Å². The molecule has 0 aliphatic rings. The lowest BCUT2D eigenvalue weighted by Gasteiger charge is -2.18. The zero-order valence-electron chi connectivity index (χ0n) is 42.1. The van der Waals surface area contributed by atoms with Crippen molar-refractivity contribution in [3.63, 3.8) is 0 Å². The quantitative estimate of drug-likeness (QED) is 0.0262. The van der Waals surface area contributed by atoms with Crippen LogP contribution in [0.3, 0.4) is 0 Å². The second kappa shape index (κ2) is 52.3. The van der Waals surface area contributed by atoms with E-state index in [1.165, 1.54) is 154 Å². The van der Waals surface area contributed by atoms with Crippen molar-refractivity contribution in [1.29, 1.82) is 0 Å². The molecule has 0 aromatic carbocycles. The molecule has 0 spiro atoms. The molecule has 0 saturated heterocycles. The lowest BCUT2D eigenvalue weighted by Crippen LogP contribution is -2.30. The van der Waals surface area contributed by atoms with E-state index in [4.69, 9.17) is 14.2 Å². The number of rotatable bonds is 50. The molecule has 1 atom stereocenters. The largest absolute Gasteiger partial charge is 0.462 e. The summed E-state index contributed by atoms with van der Waals surface area (Å²) in [6, 6.07) is 0. The van der Waals surface area contributed by atoms with Gasteiger partial charge in [-0.1, -0.05) is 237 Å². The molecule has 0 bridgehead atoms. The van der Waals surface area contributed by atoms with Crippen molar-refractivity contribution in [3.8, 4) is 0 Å². The number of esters is 3. The molecule has 0 aromatic rings. The van der Waals surface area contributed by atoms with Crippen LogP contribution in [0.25, 0.3) is 0 Å². The molecule has 1 unspecified atom stereocenters. The number of hydrogen-bond acceptors (Lipinski definition) is 6. The Balaban J connectivity index is 4.30. The zero-order chi connectivity index (χ0) is 45.8. The minimum atomic E-state index is -0.779. The number of unbranched alkanes of at least 4 members (excludes halogenated alkanes) is 33. The van der Waals surface area contributed by atoms with Gasteiger partial charge in [-0.05, 0) is 70.6 Å². The van der Waals surface area contributed by atoms with Gasteiger partial charge in [-0.15, -0.1) is 0 Å². The molecule has 6 nitrogen and oxygen atoms in total. The predicted molar refractivity (Wildman–Crippen MR) is 270 cm³/mol. The topological polar surface area (TPSA) is 78.9 Å². The summed E-state index contributed by atoms with van der Waals surface area (Å²) in [4.78, 5) is 38.0. The first-order valence-electron chi connectivity index (χ1n) is 27.5. The molecule has 0 aliphatic carbocycles. The van der Waals surface area contributed by atoms with Crippen molar-refractivity contribution in [1.82, 2.24) is 0 Å². The van der Waals surface area contributed by atoms with E-state index < -0.39 is 6.10 Å². The second-order valence-corrected chi connectivity index (χ2v) is 18.5. The van der Waals surface area contributed by atoms with Crippen molar-refractivity contribution in [2.45, 2.75) is 297 Å². The summed E-state index contributed by atoms with van der Waals surface area (Å²) in [6.45, 7) is 6.57. The fourth-order valence-corrected chi connectivity index (χ4v) is 7.95. The van der Waals surface area contributed by atoms with Crippen molar-refractivity contribution >= 4 is 17.9 Å². The molecule has 63 heavy (non-hydrogen) atoms. The van der Waals surface area contributed by atoms with Crippen LogP contribution in [0, 0.1) is 0 Å². The van der Waals surface area contributed by atoms with E-state index >= 15 is 0 Å². The number of allylic oxidation sites excluding steroid dienone is 6. The molecule has 0 aromatic heterocycles. The van der Waals surface area contributed by atoms with Crippen LogP contribution >= 0.6 is 0 Å². The average Bonchev–Trinajstić information content (AvgIpc) is 3.28. The van der Waals surface area contributed by atoms with Gasteiger partial charge in [0.1, 0.15) is 13.2 Å². The highest BCUT2D eigenvalue weighted by Crippen LogP contribution is 2.16. The Morgan fingerprint density at radius 3 is 0.968 bits per heavy atom. The molecule has 6 heteroatoms. The normalized spacial score (nSPS) is 12.2. The molecule has 368 valence electrons. The maximum atomic E-state index is 12.8. The Morgan fingerprint density at radius 1 is 0.317 bits per heavy atom. The molecule has 0 heterocycles. The van der Waals surface area contributed by atoms with E-state index in [2.05, 4.69) is 57.2 Å². The van der Waals surface area contributed by atoms with E-state index in [0.29, 0.717) is 19.3 Å². The molecule has 0 rings (SSSR count). The number of hydrogen-bond donors (Lipinski definition) is 0. The average molecular weight is 885 g/mol. The first kappa shape index (κ1) is 60.6. The molecular weight excluding hydrogens is 781 g/mol. The Bertz CT molecular complexity index is 1060. The number of carbonyl (C=O) groups excluding carboxylic acids is 3. The van der Waals surface area contributed by atoms with E-state index in [0.717, 1.165) is 96.3 Å². The first-order chi connectivity index (χ1) is 31.0. The molecule has 0 N–H and O–H groups in total. The summed E-state index contributed by atoms with van der Waals surface area (Å²) in [5.74, 6) is -0.890. The van der Waals surface area contributed by atoms with Gasteiger partial charge in [-0.25, -0.2) is 0 Å². The molecule has 0 radical (unpaired) electrons. The SMILES string of the molecule is CCC/C=C\CCCCCCCC(=O)OCC(COC(=O)CCCCCCCCCCCCCCCCCCCCC)OC(=O)CCCCCCC/C=C\C/C=C\CCCCCC. The molecule has 0 aliphatic heterocycles. The zero-order valence-corrected chi connectivity index (χ0v) is 42.1. The Hall–Kier alpha value is -2.37. The monoisotopic (exact) mass is 885 g/mol. The van der Waals surface area contributed by atoms with E-state index in [-0.39, 0.29) is 31.1 Å². The van der Waals surface area contributed by atoms with Crippen molar-refractivity contribution in [3.05, 3.63) is 36.5 Å². The third-order valence-electron chi connectivity index (χ3n) is 12.1. The van der Waals surface area contributed by atoms with Gasteiger partial charge in [0.05, 0.1) is 0 Å². The van der Waals surface area contributed by atoms with Crippen LogP contribution in [0.4, 0.5) is 0 Å². The van der Waals surface area contributed by atoms with Gasteiger partial charge in [-0.2, -0.15) is 0 Å². The summed E-state index contributed by atoms with van der Waals surface area (Å²) < 4.78 is 16.8. The van der Waals surface area contributed by atoms with Gasteiger partial charge in [0.2, 0.25) is 0 Å². The Morgan fingerprint density at radius 2 is 0.603 bits per heavy atom. The Kier molecular flexibility index (Phi) is 50.3. The highest BCUT2D eigenvalue weighted by Gasteiger charge is 2.19.